The van der Waals surface area contributed by atoms with Gasteiger partial charge in [-0.15, -0.1) is 0 Å². The molecule has 1 aromatic carbocycles. The molecule has 30 heavy (non-hydrogen) atoms. The summed E-state index contributed by atoms with van der Waals surface area (Å²) < 4.78 is 56.0. The zero-order valence-corrected chi connectivity index (χ0v) is 16.4. The van der Waals surface area contributed by atoms with Gasteiger partial charge in [-0.1, -0.05) is 6.07 Å². The molecule has 10 heteroatoms. The van der Waals surface area contributed by atoms with E-state index in [0.717, 1.165) is 5.56 Å². The lowest BCUT2D eigenvalue weighted by atomic mass is 10.2. The van der Waals surface area contributed by atoms with Crippen LogP contribution in [0, 0.1) is 5.82 Å². The molecule has 1 saturated heterocycles. The molecule has 0 aliphatic carbocycles. The maximum Gasteiger partial charge on any atom is 0.401 e. The Morgan fingerprint density at radius 3 is 2.63 bits per heavy atom. The Bertz CT molecular complexity index is 840. The molecule has 0 saturated carbocycles. The summed E-state index contributed by atoms with van der Waals surface area (Å²) in [5, 5.41) is 6.28. The van der Waals surface area contributed by atoms with Crippen molar-refractivity contribution < 1.29 is 22.3 Å². The highest BCUT2D eigenvalue weighted by molar-refractivity contribution is 5.80. The van der Waals surface area contributed by atoms with Crippen LogP contribution in [0.5, 0.6) is 11.6 Å². The van der Waals surface area contributed by atoms with Gasteiger partial charge in [0, 0.05) is 45.0 Å². The van der Waals surface area contributed by atoms with Crippen molar-refractivity contribution in [3.8, 4) is 11.6 Å². The number of halogens is 4. The van der Waals surface area contributed by atoms with Gasteiger partial charge in [0.1, 0.15) is 11.6 Å². The van der Waals surface area contributed by atoms with Crippen LogP contribution >= 0.6 is 0 Å². The third-order valence-corrected chi connectivity index (χ3v) is 4.53. The number of nitrogens with zero attached hydrogens (tertiary/aromatic N) is 3. The first-order valence-corrected chi connectivity index (χ1v) is 9.45. The van der Waals surface area contributed by atoms with E-state index in [2.05, 4.69) is 20.6 Å². The lowest BCUT2D eigenvalue weighted by Gasteiger charge is -2.19. The minimum atomic E-state index is -4.19. The average molecular weight is 425 g/mol. The Morgan fingerprint density at radius 1 is 1.23 bits per heavy atom. The fourth-order valence-corrected chi connectivity index (χ4v) is 3.12. The summed E-state index contributed by atoms with van der Waals surface area (Å²) in [6.07, 6.45) is -1.93. The first kappa shape index (κ1) is 21.8. The first-order valence-electron chi connectivity index (χ1n) is 9.45. The van der Waals surface area contributed by atoms with Crippen molar-refractivity contribution in [3.05, 3.63) is 54.0 Å². The molecule has 2 aromatic rings. The summed E-state index contributed by atoms with van der Waals surface area (Å²) in [4.78, 5) is 9.73. The molecule has 1 unspecified atom stereocenters. The smallest absolute Gasteiger partial charge is 0.401 e. The third-order valence-electron chi connectivity index (χ3n) is 4.53. The second kappa shape index (κ2) is 9.75. The quantitative estimate of drug-likeness (QED) is 0.423. The molecule has 162 valence electrons. The van der Waals surface area contributed by atoms with Crippen molar-refractivity contribution >= 4 is 5.96 Å². The topological polar surface area (TPSA) is 61.8 Å². The summed E-state index contributed by atoms with van der Waals surface area (Å²) >= 11 is 0. The number of benzene rings is 1. The van der Waals surface area contributed by atoms with Gasteiger partial charge in [0.25, 0.3) is 0 Å². The van der Waals surface area contributed by atoms with Gasteiger partial charge in [-0.05, 0) is 36.2 Å². The molecule has 2 N–H and O–H groups in total. The zero-order valence-electron chi connectivity index (χ0n) is 16.4. The number of pyridine rings is 1. The normalized spacial score (nSPS) is 17.8. The van der Waals surface area contributed by atoms with Gasteiger partial charge in [-0.3, -0.25) is 9.89 Å². The minimum absolute atomic E-state index is 0.0943. The van der Waals surface area contributed by atoms with Crippen molar-refractivity contribution in [2.75, 3.05) is 26.7 Å². The van der Waals surface area contributed by atoms with Crippen molar-refractivity contribution in [1.82, 2.24) is 20.5 Å². The lowest BCUT2D eigenvalue weighted by Crippen LogP contribution is -2.44. The molecule has 0 radical (unpaired) electrons. The SMILES string of the molecule is CN=C(NCc1ccc(Oc2ccc(F)cc2)nc1)NC1CCN(CC(F)(F)F)C1. The average Bonchev–Trinajstić information content (AvgIpc) is 3.13. The molecule has 1 fully saturated rings. The van der Waals surface area contributed by atoms with E-state index in [0.29, 0.717) is 43.6 Å². The summed E-state index contributed by atoms with van der Waals surface area (Å²) in [6, 6.07) is 9.07. The van der Waals surface area contributed by atoms with Crippen LogP contribution in [0.25, 0.3) is 0 Å². The van der Waals surface area contributed by atoms with Crippen LogP contribution in [0.1, 0.15) is 12.0 Å². The van der Waals surface area contributed by atoms with Gasteiger partial charge >= 0.3 is 6.18 Å². The summed E-state index contributed by atoms with van der Waals surface area (Å²) in [7, 11) is 1.61. The van der Waals surface area contributed by atoms with E-state index >= 15 is 0 Å². The number of guanidine groups is 1. The van der Waals surface area contributed by atoms with E-state index < -0.39 is 12.7 Å². The molecule has 1 aliphatic rings. The predicted molar refractivity (Wildman–Crippen MR) is 105 cm³/mol. The van der Waals surface area contributed by atoms with Crippen LogP contribution in [-0.4, -0.2) is 54.7 Å². The predicted octanol–water partition coefficient (Wildman–Crippen LogP) is 3.31. The maximum atomic E-state index is 12.9. The summed E-state index contributed by atoms with van der Waals surface area (Å²) in [6.45, 7) is 0.252. The molecule has 0 bridgehead atoms. The van der Waals surface area contributed by atoms with Crippen LogP contribution in [0.3, 0.4) is 0 Å². The van der Waals surface area contributed by atoms with Crippen molar-refractivity contribution in [2.45, 2.75) is 25.2 Å². The second-order valence-electron chi connectivity index (χ2n) is 6.97. The van der Waals surface area contributed by atoms with Crippen molar-refractivity contribution in [2.24, 2.45) is 4.99 Å². The highest BCUT2D eigenvalue weighted by Gasteiger charge is 2.34. The van der Waals surface area contributed by atoms with E-state index in [1.54, 1.807) is 19.3 Å². The first-order chi connectivity index (χ1) is 14.3. The van der Waals surface area contributed by atoms with Crippen LogP contribution in [-0.2, 0) is 6.54 Å². The number of hydrogen-bond donors (Lipinski definition) is 2. The van der Waals surface area contributed by atoms with E-state index in [1.807, 2.05) is 6.07 Å². The number of aromatic nitrogens is 1. The van der Waals surface area contributed by atoms with E-state index in [1.165, 1.54) is 29.2 Å². The molecule has 1 aliphatic heterocycles. The van der Waals surface area contributed by atoms with Gasteiger partial charge in [0.05, 0.1) is 6.54 Å². The molecule has 3 rings (SSSR count). The molecule has 6 nitrogen and oxygen atoms in total. The number of rotatable bonds is 6. The number of aliphatic imine (C=N–C) groups is 1. The van der Waals surface area contributed by atoms with E-state index in [4.69, 9.17) is 4.74 Å². The number of nitrogens with one attached hydrogen (secondary N) is 2. The van der Waals surface area contributed by atoms with Crippen LogP contribution in [0.2, 0.25) is 0 Å². The Balaban J connectivity index is 1.45. The number of alkyl halides is 3. The molecule has 0 spiro atoms. The van der Waals surface area contributed by atoms with Crippen molar-refractivity contribution in [3.63, 3.8) is 0 Å². The molecular formula is C20H23F4N5O. The van der Waals surface area contributed by atoms with Gasteiger partial charge in [0.2, 0.25) is 5.88 Å². The number of ether oxygens (including phenoxy) is 1. The summed E-state index contributed by atoms with van der Waals surface area (Å²) in [5.41, 5.74) is 0.870. The fourth-order valence-electron chi connectivity index (χ4n) is 3.12. The van der Waals surface area contributed by atoms with Crippen LogP contribution in [0.4, 0.5) is 17.6 Å². The standard InChI is InChI=1S/C20H23F4N5O/c1-25-19(28-16-8-9-29(12-16)13-20(22,23)24)27-11-14-2-7-18(26-10-14)30-17-5-3-15(21)4-6-17/h2-7,10,16H,8-9,11-13H2,1H3,(H2,25,27,28). The lowest BCUT2D eigenvalue weighted by molar-refractivity contribution is -0.143. The second-order valence-corrected chi connectivity index (χ2v) is 6.97. The Kier molecular flexibility index (Phi) is 7.09. The Morgan fingerprint density at radius 2 is 2.00 bits per heavy atom. The van der Waals surface area contributed by atoms with Gasteiger partial charge in [-0.25, -0.2) is 9.37 Å². The van der Waals surface area contributed by atoms with Gasteiger partial charge in [-0.2, -0.15) is 13.2 Å². The Hall–Kier alpha value is -2.88. The zero-order chi connectivity index (χ0) is 21.6. The van der Waals surface area contributed by atoms with Crippen LogP contribution < -0.4 is 15.4 Å². The van der Waals surface area contributed by atoms with E-state index in [9.17, 15) is 17.6 Å². The van der Waals surface area contributed by atoms with Gasteiger partial charge in [0.15, 0.2) is 5.96 Å². The van der Waals surface area contributed by atoms with Gasteiger partial charge < -0.3 is 15.4 Å². The highest BCUT2D eigenvalue weighted by atomic mass is 19.4. The largest absolute Gasteiger partial charge is 0.439 e. The summed E-state index contributed by atoms with van der Waals surface area (Å²) in [5.74, 6) is 1.03. The number of hydrogen-bond acceptors (Lipinski definition) is 4. The highest BCUT2D eigenvalue weighted by Crippen LogP contribution is 2.20. The fraction of sp³-hybridized carbons (Fsp3) is 0.400. The Labute approximate surface area is 172 Å². The third kappa shape index (κ3) is 6.87. The van der Waals surface area contributed by atoms with E-state index in [-0.39, 0.29) is 11.9 Å². The van der Waals surface area contributed by atoms with Crippen LogP contribution in [0.15, 0.2) is 47.6 Å². The molecular weight excluding hydrogens is 402 g/mol. The molecule has 1 aromatic heterocycles. The molecule has 0 amide bonds. The number of likely N-dealkylation sites (tertiary alicyclic amines) is 1. The van der Waals surface area contributed by atoms with Crippen molar-refractivity contribution in [1.29, 1.82) is 0 Å². The minimum Gasteiger partial charge on any atom is -0.439 e. The maximum absolute atomic E-state index is 12.9. The molecule has 2 heterocycles. The monoisotopic (exact) mass is 425 g/mol. The molecule has 1 atom stereocenters.